The van der Waals surface area contributed by atoms with E-state index in [4.69, 9.17) is 0 Å². The van der Waals surface area contributed by atoms with Crippen molar-refractivity contribution >= 4 is 15.5 Å². The molecule has 1 saturated heterocycles. The highest BCUT2D eigenvalue weighted by molar-refractivity contribution is 7.91. The van der Waals surface area contributed by atoms with Crippen LogP contribution in [0.3, 0.4) is 0 Å². The van der Waals surface area contributed by atoms with Gasteiger partial charge in [0.1, 0.15) is 5.66 Å². The molecule has 1 N–H and O–H groups in total. The molecule has 1 aromatic carbocycles. The van der Waals surface area contributed by atoms with Crippen molar-refractivity contribution in [3.63, 3.8) is 0 Å². The Hall–Kier alpha value is -1.96. The highest BCUT2D eigenvalue weighted by Crippen LogP contribution is 2.40. The van der Waals surface area contributed by atoms with Gasteiger partial charge in [-0.15, -0.1) is 5.10 Å². The first-order chi connectivity index (χ1) is 9.60. The van der Waals surface area contributed by atoms with Gasteiger partial charge < -0.3 is 5.32 Å². The molecule has 0 saturated carbocycles. The monoisotopic (exact) mass is 291 g/mol. The number of fused-ring (bicyclic) bond motifs is 4. The van der Waals surface area contributed by atoms with Crippen LogP contribution >= 0.6 is 0 Å². The van der Waals surface area contributed by atoms with Crippen LogP contribution in [0.5, 0.6) is 0 Å². The average Bonchev–Trinajstić information content (AvgIpc) is 2.88. The minimum Gasteiger partial charge on any atom is -0.360 e. The van der Waals surface area contributed by atoms with Crippen LogP contribution in [0.4, 0.5) is 5.69 Å². The molecule has 1 unspecified atom stereocenters. The largest absolute Gasteiger partial charge is 0.360 e. The summed E-state index contributed by atoms with van der Waals surface area (Å²) in [5, 5.41) is 15.2. The zero-order valence-electron chi connectivity index (χ0n) is 10.7. The van der Waals surface area contributed by atoms with Crippen molar-refractivity contribution in [1.29, 1.82) is 0 Å². The first-order valence-electron chi connectivity index (χ1n) is 6.47. The predicted octanol–water partition coefficient (Wildman–Crippen LogP) is 0.627. The summed E-state index contributed by atoms with van der Waals surface area (Å²) in [6.07, 6.45) is 1.30. The lowest BCUT2D eigenvalue weighted by atomic mass is 10.00. The van der Waals surface area contributed by atoms with Crippen LogP contribution in [-0.2, 0) is 15.5 Å². The third-order valence-electron chi connectivity index (χ3n) is 3.91. The van der Waals surface area contributed by atoms with Gasteiger partial charge in [-0.2, -0.15) is 4.68 Å². The lowest BCUT2D eigenvalue weighted by Gasteiger charge is -2.41. The molecule has 0 radical (unpaired) electrons. The van der Waals surface area contributed by atoms with Crippen molar-refractivity contribution in [2.24, 2.45) is 0 Å². The Morgan fingerprint density at radius 3 is 3.00 bits per heavy atom. The van der Waals surface area contributed by atoms with Gasteiger partial charge >= 0.3 is 0 Å². The lowest BCUT2D eigenvalue weighted by Crippen LogP contribution is -2.53. The van der Waals surface area contributed by atoms with E-state index in [1.165, 1.54) is 0 Å². The summed E-state index contributed by atoms with van der Waals surface area (Å²) in [5.74, 6) is 0.874. The molecule has 1 fully saturated rings. The molecule has 0 bridgehead atoms. The molecule has 3 heterocycles. The van der Waals surface area contributed by atoms with E-state index in [0.29, 0.717) is 18.7 Å². The van der Waals surface area contributed by atoms with E-state index in [9.17, 15) is 8.42 Å². The molecule has 7 nitrogen and oxygen atoms in total. The fourth-order valence-electron chi connectivity index (χ4n) is 3.09. The highest BCUT2D eigenvalue weighted by Gasteiger charge is 2.46. The van der Waals surface area contributed by atoms with E-state index in [1.54, 1.807) is 4.68 Å². The quantitative estimate of drug-likeness (QED) is 0.765. The minimum absolute atomic E-state index is 0.0202. The van der Waals surface area contributed by atoms with Gasteiger partial charge in [0.05, 0.1) is 11.5 Å². The maximum atomic E-state index is 12.0. The standard InChI is InChI=1S/C12H13N5O2S/c18-20(19)7-3-6-12(8-20)13-10-5-2-1-4-9(10)11-14-15-16-17(11)12/h1-2,4-5,13H,3,6-8H2. The van der Waals surface area contributed by atoms with Crippen LogP contribution in [0.2, 0.25) is 0 Å². The Morgan fingerprint density at radius 2 is 2.15 bits per heavy atom. The average molecular weight is 291 g/mol. The molecule has 2 aliphatic rings. The zero-order chi connectivity index (χ0) is 13.8. The Labute approximate surface area is 115 Å². The molecule has 1 aromatic heterocycles. The van der Waals surface area contributed by atoms with Crippen LogP contribution in [0.25, 0.3) is 11.4 Å². The summed E-state index contributed by atoms with van der Waals surface area (Å²) in [6, 6.07) is 7.68. The summed E-state index contributed by atoms with van der Waals surface area (Å²) in [4.78, 5) is 0. The molecule has 4 rings (SSSR count). The molecule has 1 atom stereocenters. The van der Waals surface area contributed by atoms with Crippen molar-refractivity contribution < 1.29 is 8.42 Å². The van der Waals surface area contributed by atoms with Gasteiger partial charge in [-0.25, -0.2) is 8.42 Å². The van der Waals surface area contributed by atoms with Crippen LogP contribution in [0.1, 0.15) is 12.8 Å². The van der Waals surface area contributed by atoms with Gasteiger partial charge in [0.15, 0.2) is 15.7 Å². The van der Waals surface area contributed by atoms with E-state index in [0.717, 1.165) is 11.3 Å². The number of aromatic nitrogens is 4. The second-order valence-corrected chi connectivity index (χ2v) is 7.50. The summed E-state index contributed by atoms with van der Waals surface area (Å²) < 4.78 is 25.7. The number of hydrogen-bond donors (Lipinski definition) is 1. The van der Waals surface area contributed by atoms with Crippen molar-refractivity contribution in [3.05, 3.63) is 24.3 Å². The summed E-state index contributed by atoms with van der Waals surface area (Å²) in [5.41, 5.74) is 1.02. The van der Waals surface area contributed by atoms with E-state index < -0.39 is 15.5 Å². The molecule has 0 amide bonds. The number of tetrazole rings is 1. The van der Waals surface area contributed by atoms with Gasteiger partial charge in [0.25, 0.3) is 0 Å². The smallest absolute Gasteiger partial charge is 0.186 e. The molecule has 2 aliphatic heterocycles. The maximum absolute atomic E-state index is 12.0. The van der Waals surface area contributed by atoms with Gasteiger partial charge in [-0.1, -0.05) is 12.1 Å². The highest BCUT2D eigenvalue weighted by atomic mass is 32.2. The molecular formula is C12H13N5O2S. The van der Waals surface area contributed by atoms with Gasteiger partial charge in [-0.3, -0.25) is 0 Å². The zero-order valence-corrected chi connectivity index (χ0v) is 11.5. The predicted molar refractivity (Wildman–Crippen MR) is 72.7 cm³/mol. The molecule has 2 aromatic rings. The first-order valence-corrected chi connectivity index (χ1v) is 8.29. The van der Waals surface area contributed by atoms with Gasteiger partial charge in [0, 0.05) is 11.3 Å². The summed E-state index contributed by atoms with van der Waals surface area (Å²) in [7, 11) is -3.09. The number of nitrogens with zero attached hydrogens (tertiary/aromatic N) is 4. The SMILES string of the molecule is O=S1(=O)CCCC2(C1)Nc1ccccc1-c1nnnn12. The third kappa shape index (κ3) is 1.57. The van der Waals surface area contributed by atoms with Crippen molar-refractivity contribution in [3.8, 4) is 11.4 Å². The number of benzene rings is 1. The fraction of sp³-hybridized carbons (Fsp3) is 0.417. The molecule has 20 heavy (non-hydrogen) atoms. The van der Waals surface area contributed by atoms with Crippen LogP contribution in [-0.4, -0.2) is 40.1 Å². The second kappa shape index (κ2) is 3.78. The first kappa shape index (κ1) is 11.8. The number of hydrogen-bond acceptors (Lipinski definition) is 6. The maximum Gasteiger partial charge on any atom is 0.186 e. The Morgan fingerprint density at radius 1 is 1.30 bits per heavy atom. The Kier molecular flexibility index (Phi) is 2.24. The van der Waals surface area contributed by atoms with Crippen LogP contribution in [0, 0.1) is 0 Å². The van der Waals surface area contributed by atoms with Crippen molar-refractivity contribution in [2.45, 2.75) is 18.5 Å². The van der Waals surface area contributed by atoms with Gasteiger partial charge in [-0.05, 0) is 35.4 Å². The number of sulfone groups is 1. The molecule has 8 heteroatoms. The second-order valence-electron chi connectivity index (χ2n) is 5.31. The number of anilines is 1. The number of para-hydroxylation sites is 1. The van der Waals surface area contributed by atoms with E-state index in [2.05, 4.69) is 20.8 Å². The molecule has 1 spiro atoms. The van der Waals surface area contributed by atoms with Crippen LogP contribution in [0.15, 0.2) is 24.3 Å². The summed E-state index contributed by atoms with van der Waals surface area (Å²) in [6.45, 7) is 0. The van der Waals surface area contributed by atoms with Gasteiger partial charge in [0.2, 0.25) is 0 Å². The molecule has 104 valence electrons. The molecular weight excluding hydrogens is 278 g/mol. The fourth-order valence-corrected chi connectivity index (χ4v) is 4.89. The normalized spacial score (nSPS) is 26.6. The topological polar surface area (TPSA) is 89.8 Å². The third-order valence-corrected chi connectivity index (χ3v) is 5.74. The van der Waals surface area contributed by atoms with E-state index in [-0.39, 0.29) is 11.5 Å². The number of rotatable bonds is 0. The van der Waals surface area contributed by atoms with Crippen LogP contribution < -0.4 is 5.32 Å². The van der Waals surface area contributed by atoms with Crippen molar-refractivity contribution in [2.75, 3.05) is 16.8 Å². The Balaban J connectivity index is 1.93. The van der Waals surface area contributed by atoms with E-state index >= 15 is 0 Å². The lowest BCUT2D eigenvalue weighted by molar-refractivity contribution is 0.291. The van der Waals surface area contributed by atoms with E-state index in [1.807, 2.05) is 24.3 Å². The molecule has 0 aliphatic carbocycles. The Bertz CT molecular complexity index is 785. The number of nitrogens with one attached hydrogen (secondary N) is 1. The minimum atomic E-state index is -3.09. The summed E-state index contributed by atoms with van der Waals surface area (Å²) >= 11 is 0. The van der Waals surface area contributed by atoms with Crippen molar-refractivity contribution in [1.82, 2.24) is 20.2 Å².